The van der Waals surface area contributed by atoms with Gasteiger partial charge in [0.15, 0.2) is 0 Å². The highest BCUT2D eigenvalue weighted by Gasteiger charge is 2.46. The molecule has 1 fully saturated rings. The van der Waals surface area contributed by atoms with Crippen LogP contribution in [0.4, 0.5) is 0 Å². The fourth-order valence-corrected chi connectivity index (χ4v) is 3.98. The van der Waals surface area contributed by atoms with Crippen molar-refractivity contribution in [2.45, 2.75) is 56.5 Å². The Morgan fingerprint density at radius 2 is 1.95 bits per heavy atom. The topological polar surface area (TPSA) is 38.3 Å². The number of carbonyl (C=O) groups is 1. The van der Waals surface area contributed by atoms with E-state index >= 15 is 0 Å². The minimum Gasteiger partial charge on any atom is -0.468 e. The van der Waals surface area contributed by atoms with Crippen molar-refractivity contribution in [3.63, 3.8) is 0 Å². The van der Waals surface area contributed by atoms with Crippen LogP contribution in [0, 0.1) is 0 Å². The van der Waals surface area contributed by atoms with Crippen molar-refractivity contribution in [3.05, 3.63) is 34.3 Å². The zero-order chi connectivity index (χ0) is 14.9. The maximum Gasteiger partial charge on any atom is 0.326 e. The summed E-state index contributed by atoms with van der Waals surface area (Å²) < 4.78 is 5.11. The monoisotopic (exact) mass is 307 g/mol. The Kier molecular flexibility index (Phi) is 4.23. The van der Waals surface area contributed by atoms with Crippen molar-refractivity contribution in [1.29, 1.82) is 0 Å². The van der Waals surface area contributed by atoms with Gasteiger partial charge >= 0.3 is 5.97 Å². The summed E-state index contributed by atoms with van der Waals surface area (Å²) >= 11 is 6.09. The van der Waals surface area contributed by atoms with Crippen LogP contribution in [0.15, 0.2) is 18.2 Å². The first kappa shape index (κ1) is 14.9. The Balaban J connectivity index is 1.84. The quantitative estimate of drug-likeness (QED) is 0.871. The van der Waals surface area contributed by atoms with Crippen LogP contribution < -0.4 is 5.32 Å². The zero-order valence-corrected chi connectivity index (χ0v) is 13.2. The molecule has 0 aliphatic heterocycles. The van der Waals surface area contributed by atoms with Gasteiger partial charge in [-0.2, -0.15) is 0 Å². The summed E-state index contributed by atoms with van der Waals surface area (Å²) in [5, 5.41) is 4.36. The summed E-state index contributed by atoms with van der Waals surface area (Å²) in [6.45, 7) is 0. The van der Waals surface area contributed by atoms with Gasteiger partial charge in [-0.25, -0.2) is 0 Å². The molecule has 2 aliphatic rings. The summed E-state index contributed by atoms with van der Waals surface area (Å²) in [6.07, 6.45) is 7.46. The molecule has 0 bridgehead atoms. The lowest BCUT2D eigenvalue weighted by Crippen LogP contribution is -2.57. The van der Waals surface area contributed by atoms with Crippen LogP contribution in [-0.4, -0.2) is 24.7 Å². The summed E-state index contributed by atoms with van der Waals surface area (Å²) in [4.78, 5) is 12.4. The van der Waals surface area contributed by atoms with Crippen molar-refractivity contribution < 1.29 is 9.53 Å². The van der Waals surface area contributed by atoms with Crippen molar-refractivity contribution in [2.24, 2.45) is 0 Å². The van der Waals surface area contributed by atoms with Crippen LogP contribution in [0.1, 0.15) is 43.2 Å². The molecule has 2 aliphatic carbocycles. The van der Waals surface area contributed by atoms with Gasteiger partial charge in [0.2, 0.25) is 0 Å². The zero-order valence-electron chi connectivity index (χ0n) is 12.5. The van der Waals surface area contributed by atoms with E-state index < -0.39 is 5.54 Å². The van der Waals surface area contributed by atoms with Gasteiger partial charge in [0.05, 0.1) is 7.11 Å². The minimum atomic E-state index is -0.607. The summed E-state index contributed by atoms with van der Waals surface area (Å²) in [6, 6.07) is 6.33. The minimum absolute atomic E-state index is 0.152. The van der Waals surface area contributed by atoms with Gasteiger partial charge in [-0.3, -0.25) is 10.1 Å². The SMILES string of the molecule is COC(=O)C1(NC2CCCCC2)Cc2ccc(Cl)cc2C1. The van der Waals surface area contributed by atoms with Crippen LogP contribution in [0.5, 0.6) is 0 Å². The first-order valence-electron chi connectivity index (χ1n) is 7.76. The molecular weight excluding hydrogens is 286 g/mol. The van der Waals surface area contributed by atoms with E-state index in [1.165, 1.54) is 31.9 Å². The Morgan fingerprint density at radius 1 is 1.24 bits per heavy atom. The van der Waals surface area contributed by atoms with E-state index in [4.69, 9.17) is 16.3 Å². The molecule has 114 valence electrons. The molecule has 0 amide bonds. The summed E-state index contributed by atoms with van der Waals surface area (Å²) in [5.74, 6) is -0.152. The van der Waals surface area contributed by atoms with Crippen LogP contribution in [0.3, 0.4) is 0 Å². The van der Waals surface area contributed by atoms with Crippen molar-refractivity contribution in [2.75, 3.05) is 7.11 Å². The van der Waals surface area contributed by atoms with Crippen molar-refractivity contribution in [1.82, 2.24) is 5.32 Å². The number of hydrogen-bond acceptors (Lipinski definition) is 3. The third-order valence-corrected chi connectivity index (χ3v) is 5.05. The number of ether oxygens (including phenoxy) is 1. The largest absolute Gasteiger partial charge is 0.468 e. The number of fused-ring (bicyclic) bond motifs is 1. The normalized spacial score (nSPS) is 25.6. The van der Waals surface area contributed by atoms with Gasteiger partial charge in [-0.05, 0) is 36.1 Å². The van der Waals surface area contributed by atoms with Gasteiger partial charge in [0, 0.05) is 23.9 Å². The number of esters is 1. The van der Waals surface area contributed by atoms with E-state index in [-0.39, 0.29) is 5.97 Å². The highest BCUT2D eigenvalue weighted by molar-refractivity contribution is 6.30. The maximum atomic E-state index is 12.4. The molecule has 1 N–H and O–H groups in total. The lowest BCUT2D eigenvalue weighted by atomic mass is 9.89. The number of rotatable bonds is 3. The molecule has 1 aromatic carbocycles. The van der Waals surface area contributed by atoms with Crippen LogP contribution in [0.25, 0.3) is 0 Å². The van der Waals surface area contributed by atoms with E-state index in [0.29, 0.717) is 18.9 Å². The third-order valence-electron chi connectivity index (χ3n) is 4.81. The number of benzene rings is 1. The van der Waals surface area contributed by atoms with Gasteiger partial charge in [-0.15, -0.1) is 0 Å². The average Bonchev–Trinajstić information content (AvgIpc) is 2.85. The first-order chi connectivity index (χ1) is 10.1. The lowest BCUT2D eigenvalue weighted by Gasteiger charge is -2.34. The van der Waals surface area contributed by atoms with Crippen molar-refractivity contribution >= 4 is 17.6 Å². The predicted molar refractivity (Wildman–Crippen MR) is 83.6 cm³/mol. The maximum absolute atomic E-state index is 12.4. The van der Waals surface area contributed by atoms with Crippen LogP contribution in [0.2, 0.25) is 5.02 Å². The van der Waals surface area contributed by atoms with Gasteiger partial charge in [0.25, 0.3) is 0 Å². The number of hydrogen-bond donors (Lipinski definition) is 1. The molecule has 0 radical (unpaired) electrons. The second-order valence-corrected chi connectivity index (χ2v) is 6.76. The predicted octanol–water partition coefficient (Wildman–Crippen LogP) is 3.27. The standard InChI is InChI=1S/C17H22ClNO2/c1-21-16(20)17(19-15-5-3-2-4-6-15)10-12-7-8-14(18)9-13(12)11-17/h7-9,15,19H,2-6,10-11H2,1H3. The molecule has 0 spiro atoms. The Hall–Kier alpha value is -1.06. The van der Waals surface area contributed by atoms with E-state index in [2.05, 4.69) is 5.32 Å². The molecule has 21 heavy (non-hydrogen) atoms. The Bertz CT molecular complexity index is 540. The molecule has 1 aromatic rings. The number of nitrogens with one attached hydrogen (secondary N) is 1. The molecular formula is C17H22ClNO2. The second-order valence-electron chi connectivity index (χ2n) is 6.32. The second kappa shape index (κ2) is 5.98. The summed E-state index contributed by atoms with van der Waals surface area (Å²) in [7, 11) is 1.47. The number of methoxy groups -OCH3 is 1. The average molecular weight is 308 g/mol. The van der Waals surface area contributed by atoms with E-state index in [1.807, 2.05) is 18.2 Å². The fraction of sp³-hybridized carbons (Fsp3) is 0.588. The Morgan fingerprint density at radius 3 is 2.67 bits per heavy atom. The number of carbonyl (C=O) groups excluding carboxylic acids is 1. The molecule has 3 nitrogen and oxygen atoms in total. The molecule has 1 saturated carbocycles. The van der Waals surface area contributed by atoms with Gasteiger partial charge < -0.3 is 4.74 Å². The first-order valence-corrected chi connectivity index (χ1v) is 8.14. The lowest BCUT2D eigenvalue weighted by molar-refractivity contribution is -0.148. The fourth-order valence-electron chi connectivity index (χ4n) is 3.78. The van der Waals surface area contributed by atoms with Crippen molar-refractivity contribution in [3.8, 4) is 0 Å². The molecule has 0 aromatic heterocycles. The highest BCUT2D eigenvalue weighted by atomic mass is 35.5. The molecule has 1 unspecified atom stereocenters. The van der Waals surface area contributed by atoms with Gasteiger partial charge in [0.1, 0.15) is 5.54 Å². The smallest absolute Gasteiger partial charge is 0.326 e. The molecule has 4 heteroatoms. The van der Waals surface area contributed by atoms with Crippen LogP contribution >= 0.6 is 11.6 Å². The number of halogens is 1. The molecule has 3 rings (SSSR count). The van der Waals surface area contributed by atoms with E-state index in [9.17, 15) is 4.79 Å². The Labute approximate surface area is 131 Å². The molecule has 0 saturated heterocycles. The highest BCUT2D eigenvalue weighted by Crippen LogP contribution is 2.34. The summed E-state index contributed by atoms with van der Waals surface area (Å²) in [5.41, 5.74) is 1.76. The van der Waals surface area contributed by atoms with Gasteiger partial charge in [-0.1, -0.05) is 36.9 Å². The third kappa shape index (κ3) is 2.95. The van der Waals surface area contributed by atoms with Crippen LogP contribution in [-0.2, 0) is 22.4 Å². The molecule has 0 heterocycles. The molecule has 1 atom stereocenters. The van der Waals surface area contributed by atoms with E-state index in [0.717, 1.165) is 23.4 Å². The van der Waals surface area contributed by atoms with E-state index in [1.54, 1.807) is 0 Å².